The van der Waals surface area contributed by atoms with Crippen LogP contribution in [-0.4, -0.2) is 15.3 Å². The second kappa shape index (κ2) is 8.91. The van der Waals surface area contributed by atoms with Gasteiger partial charge in [0.05, 0.1) is 22.3 Å². The van der Waals surface area contributed by atoms with Crippen molar-refractivity contribution in [2.45, 2.75) is 38.1 Å². The Morgan fingerprint density at radius 2 is 1.69 bits per heavy atom. The summed E-state index contributed by atoms with van der Waals surface area (Å²) in [7, 11) is 0. The largest absolute Gasteiger partial charge is 0.322 e. The standard InChI is InChI=1S/C30H25ClN4S/c31-21-14-12-20(13-15-21)26-22-10-4-5-11-23(22)32-30-27(26)28(35-16-6-7-17-35)29(36-30)25-18-24(33-34-25)19-8-2-1-3-9-19/h1-3,6-9,12-17,24,33H,4-5,10-11,18H2. The van der Waals surface area contributed by atoms with Crippen molar-refractivity contribution in [2.75, 3.05) is 0 Å². The van der Waals surface area contributed by atoms with Crippen LogP contribution in [0.1, 0.15) is 47.0 Å². The number of nitrogens with one attached hydrogen (secondary N) is 1. The number of aromatic nitrogens is 2. The van der Waals surface area contributed by atoms with E-state index in [2.05, 4.69) is 77.0 Å². The third-order valence-electron chi connectivity index (χ3n) is 7.30. The molecule has 3 aromatic heterocycles. The van der Waals surface area contributed by atoms with Gasteiger partial charge in [0, 0.05) is 34.9 Å². The number of halogens is 1. The minimum Gasteiger partial charge on any atom is -0.322 e. The minimum absolute atomic E-state index is 0.181. The first-order valence-electron chi connectivity index (χ1n) is 12.5. The lowest BCUT2D eigenvalue weighted by molar-refractivity contribution is 0.620. The molecular formula is C30H25ClN4S. The number of benzene rings is 2. The summed E-state index contributed by atoms with van der Waals surface area (Å²) in [5.74, 6) is 0. The van der Waals surface area contributed by atoms with Crippen LogP contribution >= 0.6 is 22.9 Å². The molecule has 7 rings (SSSR count). The van der Waals surface area contributed by atoms with Crippen molar-refractivity contribution in [1.82, 2.24) is 15.0 Å². The number of hydrazone groups is 1. The highest BCUT2D eigenvalue weighted by Crippen LogP contribution is 2.45. The SMILES string of the molecule is Clc1ccc(-c2c3c(nc4sc(C5=NNC(c6ccccc6)C5)c(-n5cccc5)c24)CCCC3)cc1. The van der Waals surface area contributed by atoms with Gasteiger partial charge in [0.25, 0.3) is 0 Å². The van der Waals surface area contributed by atoms with Gasteiger partial charge in [0.1, 0.15) is 4.83 Å². The second-order valence-corrected chi connectivity index (χ2v) is 11.0. The molecule has 2 aromatic carbocycles. The fourth-order valence-corrected chi connectivity index (χ4v) is 6.92. The van der Waals surface area contributed by atoms with E-state index in [4.69, 9.17) is 21.7 Å². The molecule has 0 fully saturated rings. The lowest BCUT2D eigenvalue weighted by Gasteiger charge is -2.21. The molecule has 178 valence electrons. The predicted molar refractivity (Wildman–Crippen MR) is 150 cm³/mol. The number of thiophene rings is 1. The van der Waals surface area contributed by atoms with Crippen molar-refractivity contribution in [1.29, 1.82) is 0 Å². The van der Waals surface area contributed by atoms with Gasteiger partial charge in [-0.25, -0.2) is 4.98 Å². The Kier molecular flexibility index (Phi) is 5.41. The Bertz CT molecular complexity index is 1580. The minimum atomic E-state index is 0.181. The van der Waals surface area contributed by atoms with Gasteiger partial charge in [-0.2, -0.15) is 5.10 Å². The van der Waals surface area contributed by atoms with E-state index in [0.717, 1.165) is 34.8 Å². The van der Waals surface area contributed by atoms with Crippen LogP contribution in [0.5, 0.6) is 0 Å². The van der Waals surface area contributed by atoms with Gasteiger partial charge in [0.2, 0.25) is 0 Å². The Hall–Kier alpha value is -3.41. The van der Waals surface area contributed by atoms with E-state index in [1.165, 1.54) is 56.7 Å². The zero-order chi connectivity index (χ0) is 24.1. The number of hydrogen-bond acceptors (Lipinski definition) is 4. The summed E-state index contributed by atoms with van der Waals surface area (Å²) in [6.07, 6.45) is 9.61. The molecule has 4 nitrogen and oxygen atoms in total. The van der Waals surface area contributed by atoms with E-state index in [1.54, 1.807) is 11.3 Å². The predicted octanol–water partition coefficient (Wildman–Crippen LogP) is 7.72. The van der Waals surface area contributed by atoms with Gasteiger partial charge in [-0.3, -0.25) is 0 Å². The summed E-state index contributed by atoms with van der Waals surface area (Å²) >= 11 is 8.06. The van der Waals surface area contributed by atoms with Crippen molar-refractivity contribution in [3.8, 4) is 16.8 Å². The Morgan fingerprint density at radius 1 is 0.917 bits per heavy atom. The molecule has 1 aliphatic heterocycles. The van der Waals surface area contributed by atoms with Crippen LogP contribution in [0.2, 0.25) is 5.02 Å². The van der Waals surface area contributed by atoms with E-state index in [-0.39, 0.29) is 6.04 Å². The normalized spacial score (nSPS) is 17.1. The summed E-state index contributed by atoms with van der Waals surface area (Å²) in [6, 6.07) is 23.2. The Balaban J connectivity index is 1.46. The quantitative estimate of drug-likeness (QED) is 0.270. The molecule has 1 atom stereocenters. The molecule has 0 radical (unpaired) electrons. The van der Waals surface area contributed by atoms with Gasteiger partial charge in [-0.1, -0.05) is 54.1 Å². The van der Waals surface area contributed by atoms with Crippen LogP contribution in [0.15, 0.2) is 84.2 Å². The maximum absolute atomic E-state index is 6.29. The third-order valence-corrected chi connectivity index (χ3v) is 8.68. The highest BCUT2D eigenvalue weighted by molar-refractivity contribution is 7.21. The van der Waals surface area contributed by atoms with E-state index in [0.29, 0.717) is 0 Å². The highest BCUT2D eigenvalue weighted by atomic mass is 35.5. The van der Waals surface area contributed by atoms with Crippen molar-refractivity contribution in [3.63, 3.8) is 0 Å². The fraction of sp³-hybridized carbons (Fsp3) is 0.200. The van der Waals surface area contributed by atoms with Crippen LogP contribution in [-0.2, 0) is 12.8 Å². The van der Waals surface area contributed by atoms with Gasteiger partial charge < -0.3 is 9.99 Å². The monoisotopic (exact) mass is 508 g/mol. The first-order chi connectivity index (χ1) is 17.8. The average molecular weight is 509 g/mol. The molecule has 36 heavy (non-hydrogen) atoms. The topological polar surface area (TPSA) is 42.2 Å². The van der Waals surface area contributed by atoms with Crippen LogP contribution in [0.25, 0.3) is 27.0 Å². The lowest BCUT2D eigenvalue weighted by atomic mass is 9.87. The number of nitrogens with zero attached hydrogens (tertiary/aromatic N) is 3. The van der Waals surface area contributed by atoms with E-state index >= 15 is 0 Å². The molecule has 0 amide bonds. The zero-order valence-corrected chi connectivity index (χ0v) is 21.3. The first-order valence-corrected chi connectivity index (χ1v) is 13.7. The molecule has 1 aliphatic carbocycles. The van der Waals surface area contributed by atoms with Crippen molar-refractivity contribution >= 4 is 38.9 Å². The molecule has 1 unspecified atom stereocenters. The number of rotatable bonds is 4. The molecule has 1 N–H and O–H groups in total. The summed E-state index contributed by atoms with van der Waals surface area (Å²) < 4.78 is 2.24. The van der Waals surface area contributed by atoms with Crippen LogP contribution in [0.4, 0.5) is 0 Å². The van der Waals surface area contributed by atoms with Gasteiger partial charge >= 0.3 is 0 Å². The summed E-state index contributed by atoms with van der Waals surface area (Å²) in [5, 5.41) is 6.84. The van der Waals surface area contributed by atoms with Crippen molar-refractivity contribution in [2.24, 2.45) is 5.10 Å². The Morgan fingerprint density at radius 3 is 2.50 bits per heavy atom. The number of hydrogen-bond donors (Lipinski definition) is 1. The number of aryl methyl sites for hydroxylation is 1. The Labute approximate surface area is 219 Å². The van der Waals surface area contributed by atoms with E-state index in [1.807, 2.05) is 12.1 Å². The van der Waals surface area contributed by atoms with Gasteiger partial charge in [-0.15, -0.1) is 11.3 Å². The maximum atomic E-state index is 6.29. The molecule has 0 bridgehead atoms. The number of fused-ring (bicyclic) bond motifs is 2. The van der Waals surface area contributed by atoms with Crippen molar-refractivity contribution < 1.29 is 0 Å². The fourth-order valence-electron chi connectivity index (χ4n) is 5.59. The molecule has 4 heterocycles. The van der Waals surface area contributed by atoms with Gasteiger partial charge in [-0.05, 0) is 72.2 Å². The van der Waals surface area contributed by atoms with Gasteiger partial charge in [0.15, 0.2) is 0 Å². The summed E-state index contributed by atoms with van der Waals surface area (Å²) in [6.45, 7) is 0. The first kappa shape index (κ1) is 21.8. The van der Waals surface area contributed by atoms with E-state index in [9.17, 15) is 0 Å². The molecule has 0 saturated heterocycles. The van der Waals surface area contributed by atoms with Crippen LogP contribution < -0.4 is 5.43 Å². The lowest BCUT2D eigenvalue weighted by Crippen LogP contribution is -2.09. The smallest absolute Gasteiger partial charge is 0.127 e. The third kappa shape index (κ3) is 3.66. The molecule has 6 heteroatoms. The highest BCUT2D eigenvalue weighted by Gasteiger charge is 2.30. The maximum Gasteiger partial charge on any atom is 0.127 e. The molecule has 5 aromatic rings. The van der Waals surface area contributed by atoms with Crippen LogP contribution in [0, 0.1) is 0 Å². The summed E-state index contributed by atoms with van der Waals surface area (Å²) in [5.41, 5.74) is 12.1. The summed E-state index contributed by atoms with van der Waals surface area (Å²) in [4.78, 5) is 7.54. The molecule has 0 spiro atoms. The zero-order valence-electron chi connectivity index (χ0n) is 19.7. The molecular weight excluding hydrogens is 484 g/mol. The second-order valence-electron chi connectivity index (χ2n) is 9.53. The number of pyridine rings is 1. The van der Waals surface area contributed by atoms with Crippen LogP contribution in [0.3, 0.4) is 0 Å². The van der Waals surface area contributed by atoms with Crippen molar-refractivity contribution in [3.05, 3.63) is 106 Å². The van der Waals surface area contributed by atoms with E-state index < -0.39 is 0 Å². The molecule has 2 aliphatic rings. The molecule has 0 saturated carbocycles. The average Bonchev–Trinajstić information content (AvgIpc) is 3.68.